The van der Waals surface area contributed by atoms with Crippen LogP contribution in [0.5, 0.6) is 5.75 Å². The van der Waals surface area contributed by atoms with Gasteiger partial charge >= 0.3 is 0 Å². The molecule has 2 aromatic rings. The molecule has 148 valence electrons. The predicted molar refractivity (Wildman–Crippen MR) is 110 cm³/mol. The van der Waals surface area contributed by atoms with Crippen molar-refractivity contribution in [2.75, 3.05) is 26.2 Å². The highest BCUT2D eigenvalue weighted by Gasteiger charge is 2.22. The van der Waals surface area contributed by atoms with Gasteiger partial charge < -0.3 is 15.3 Å². The van der Waals surface area contributed by atoms with Gasteiger partial charge in [-0.1, -0.05) is 13.3 Å². The van der Waals surface area contributed by atoms with Gasteiger partial charge in [0, 0.05) is 13.1 Å². The summed E-state index contributed by atoms with van der Waals surface area (Å²) in [5.41, 5.74) is -0.574. The molecule has 2 aromatic heterocycles. The number of aromatic nitrogens is 1. The minimum absolute atomic E-state index is 0.147. The highest BCUT2D eigenvalue weighted by molar-refractivity contribution is 7.16. The number of aryl methyl sites for hydroxylation is 1. The van der Waals surface area contributed by atoms with E-state index in [0.717, 1.165) is 32.0 Å². The molecule has 3 heterocycles. The van der Waals surface area contributed by atoms with Gasteiger partial charge in [-0.3, -0.25) is 14.2 Å². The molecule has 1 fully saturated rings. The van der Waals surface area contributed by atoms with Gasteiger partial charge in [0.25, 0.3) is 11.5 Å². The minimum Gasteiger partial charge on any atom is -0.506 e. The molecule has 1 aliphatic heterocycles. The lowest BCUT2D eigenvalue weighted by molar-refractivity contribution is 0.0946. The number of nitrogens with one attached hydrogen (secondary N) is 1. The van der Waals surface area contributed by atoms with E-state index in [2.05, 4.69) is 17.1 Å². The Morgan fingerprint density at radius 1 is 1.33 bits per heavy atom. The first kappa shape index (κ1) is 19.9. The van der Waals surface area contributed by atoms with E-state index in [0.29, 0.717) is 23.3 Å². The third-order valence-electron chi connectivity index (χ3n) is 5.61. The van der Waals surface area contributed by atoms with Gasteiger partial charge in [0.05, 0.1) is 5.39 Å². The second-order valence-corrected chi connectivity index (χ2v) is 8.11. The summed E-state index contributed by atoms with van der Waals surface area (Å²) in [6.45, 7) is 8.29. The van der Waals surface area contributed by atoms with Crippen molar-refractivity contribution in [3.8, 4) is 5.75 Å². The zero-order valence-corrected chi connectivity index (χ0v) is 17.0. The van der Waals surface area contributed by atoms with Crippen LogP contribution in [0, 0.1) is 5.92 Å². The van der Waals surface area contributed by atoms with Crippen molar-refractivity contribution in [3.05, 3.63) is 27.4 Å². The van der Waals surface area contributed by atoms with E-state index in [1.165, 1.54) is 30.6 Å². The summed E-state index contributed by atoms with van der Waals surface area (Å²) in [7, 11) is 0. The number of fused-ring (bicyclic) bond motifs is 1. The number of nitrogens with zero attached hydrogens (tertiary/aromatic N) is 2. The van der Waals surface area contributed by atoms with E-state index in [9.17, 15) is 14.7 Å². The van der Waals surface area contributed by atoms with Crippen LogP contribution < -0.4 is 10.9 Å². The van der Waals surface area contributed by atoms with Gasteiger partial charge in [-0.25, -0.2) is 0 Å². The second kappa shape index (κ2) is 8.89. The number of hydrogen-bond acceptors (Lipinski definition) is 5. The summed E-state index contributed by atoms with van der Waals surface area (Å²) in [5.74, 6) is 0.161. The van der Waals surface area contributed by atoms with Crippen LogP contribution in [0.1, 0.15) is 49.9 Å². The lowest BCUT2D eigenvalue weighted by atomic mass is 9.94. The van der Waals surface area contributed by atoms with Gasteiger partial charge in [0.15, 0.2) is 0 Å². The van der Waals surface area contributed by atoms with Crippen LogP contribution >= 0.6 is 11.3 Å². The molecule has 27 heavy (non-hydrogen) atoms. The average Bonchev–Trinajstić information content (AvgIpc) is 3.16. The van der Waals surface area contributed by atoms with Crippen LogP contribution in [-0.4, -0.2) is 46.7 Å². The standard InChI is InChI=1S/C20H29N3O3S/c1-3-14-6-11-22(12-7-14)10-5-9-21-18(25)16-17(24)15-8-13-27-20(15)23(4-2)19(16)26/h8,13-14,24H,3-7,9-12H2,1-2H3,(H,21,25). The van der Waals surface area contributed by atoms with Crippen molar-refractivity contribution in [1.29, 1.82) is 0 Å². The molecule has 0 aromatic carbocycles. The molecule has 0 aliphatic carbocycles. The molecule has 1 aliphatic rings. The molecular formula is C20H29N3O3S. The van der Waals surface area contributed by atoms with Gasteiger partial charge in [-0.15, -0.1) is 11.3 Å². The highest BCUT2D eigenvalue weighted by Crippen LogP contribution is 2.30. The molecule has 1 saturated heterocycles. The maximum atomic E-state index is 12.7. The van der Waals surface area contributed by atoms with Crippen molar-refractivity contribution < 1.29 is 9.90 Å². The summed E-state index contributed by atoms with van der Waals surface area (Å²) in [6.07, 6.45) is 4.62. The van der Waals surface area contributed by atoms with Crippen molar-refractivity contribution in [3.63, 3.8) is 0 Å². The number of pyridine rings is 1. The Kier molecular flexibility index (Phi) is 6.55. The van der Waals surface area contributed by atoms with Crippen molar-refractivity contribution in [2.45, 2.75) is 46.1 Å². The van der Waals surface area contributed by atoms with Crippen LogP contribution in [0.2, 0.25) is 0 Å². The first-order valence-corrected chi connectivity index (χ1v) is 10.8. The molecular weight excluding hydrogens is 362 g/mol. The summed E-state index contributed by atoms with van der Waals surface area (Å²) in [4.78, 5) is 28.4. The molecule has 7 heteroatoms. The van der Waals surface area contributed by atoms with Gasteiger partial charge in [-0.05, 0) is 63.2 Å². The van der Waals surface area contributed by atoms with Gasteiger partial charge in [-0.2, -0.15) is 0 Å². The molecule has 1 amide bonds. The molecule has 0 atom stereocenters. The number of piperidine rings is 1. The summed E-state index contributed by atoms with van der Waals surface area (Å²) >= 11 is 1.39. The fourth-order valence-electron chi connectivity index (χ4n) is 3.86. The number of likely N-dealkylation sites (tertiary alicyclic amines) is 1. The van der Waals surface area contributed by atoms with Crippen molar-refractivity contribution in [2.24, 2.45) is 5.92 Å². The lowest BCUT2D eigenvalue weighted by Crippen LogP contribution is -2.37. The summed E-state index contributed by atoms with van der Waals surface area (Å²) < 4.78 is 1.55. The Morgan fingerprint density at radius 2 is 2.07 bits per heavy atom. The number of rotatable bonds is 7. The smallest absolute Gasteiger partial charge is 0.268 e. The Morgan fingerprint density at radius 3 is 2.74 bits per heavy atom. The Hall–Kier alpha value is -1.86. The lowest BCUT2D eigenvalue weighted by Gasteiger charge is -2.31. The number of hydrogen-bond donors (Lipinski definition) is 2. The van der Waals surface area contributed by atoms with E-state index in [1.54, 1.807) is 10.6 Å². The van der Waals surface area contributed by atoms with Crippen molar-refractivity contribution in [1.82, 2.24) is 14.8 Å². The second-order valence-electron chi connectivity index (χ2n) is 7.22. The minimum atomic E-state index is -0.488. The third kappa shape index (κ3) is 4.19. The highest BCUT2D eigenvalue weighted by atomic mass is 32.1. The fraction of sp³-hybridized carbons (Fsp3) is 0.600. The number of aromatic hydroxyl groups is 1. The topological polar surface area (TPSA) is 74.6 Å². The molecule has 0 radical (unpaired) electrons. The van der Waals surface area contributed by atoms with Crippen LogP contribution in [0.25, 0.3) is 10.2 Å². The average molecular weight is 392 g/mol. The Labute approximate surface area is 163 Å². The van der Waals surface area contributed by atoms with Gasteiger partial charge in [0.1, 0.15) is 16.1 Å². The maximum absolute atomic E-state index is 12.7. The van der Waals surface area contributed by atoms with Crippen LogP contribution in [0.4, 0.5) is 0 Å². The predicted octanol–water partition coefficient (Wildman–Crippen LogP) is 3.03. The van der Waals surface area contributed by atoms with Crippen LogP contribution in [0.3, 0.4) is 0 Å². The van der Waals surface area contributed by atoms with Crippen molar-refractivity contribution >= 4 is 27.5 Å². The molecule has 2 N–H and O–H groups in total. The molecule has 0 spiro atoms. The number of amides is 1. The molecule has 0 bridgehead atoms. The van der Waals surface area contributed by atoms with Crippen LogP contribution in [0.15, 0.2) is 16.2 Å². The molecule has 3 rings (SSSR count). The largest absolute Gasteiger partial charge is 0.506 e. The fourth-order valence-corrected chi connectivity index (χ4v) is 4.82. The Balaban J connectivity index is 1.59. The third-order valence-corrected chi connectivity index (χ3v) is 6.54. The summed E-state index contributed by atoms with van der Waals surface area (Å²) in [6, 6.07) is 1.75. The molecule has 6 nitrogen and oxygen atoms in total. The van der Waals surface area contributed by atoms with E-state index >= 15 is 0 Å². The number of thiophene rings is 1. The monoisotopic (exact) mass is 391 g/mol. The number of carbonyl (C=O) groups is 1. The van der Waals surface area contributed by atoms with E-state index in [4.69, 9.17) is 0 Å². The zero-order chi connectivity index (χ0) is 19.4. The maximum Gasteiger partial charge on any atom is 0.268 e. The summed E-state index contributed by atoms with van der Waals surface area (Å²) in [5, 5.41) is 15.6. The van der Waals surface area contributed by atoms with Gasteiger partial charge in [0.2, 0.25) is 0 Å². The number of carbonyl (C=O) groups excluding carboxylic acids is 1. The zero-order valence-electron chi connectivity index (χ0n) is 16.2. The quantitative estimate of drug-likeness (QED) is 0.712. The normalized spacial score (nSPS) is 16.1. The first-order valence-electron chi connectivity index (χ1n) is 9.90. The SMILES string of the molecule is CCC1CCN(CCCNC(=O)c2c(O)c3ccsc3n(CC)c2=O)CC1. The van der Waals surface area contributed by atoms with E-state index < -0.39 is 11.5 Å². The van der Waals surface area contributed by atoms with Crippen LogP contribution in [-0.2, 0) is 6.54 Å². The molecule has 0 saturated carbocycles. The Bertz CT molecular complexity index is 850. The van der Waals surface area contributed by atoms with E-state index in [1.807, 2.05) is 12.3 Å². The first-order chi connectivity index (χ1) is 13.1. The molecule has 0 unspecified atom stereocenters. The van der Waals surface area contributed by atoms with E-state index in [-0.39, 0.29) is 11.3 Å².